The molecule has 7 heteroatoms. The van der Waals surface area contributed by atoms with Gasteiger partial charge >= 0.3 is 0 Å². The van der Waals surface area contributed by atoms with E-state index in [9.17, 15) is 0 Å². The second-order valence-corrected chi connectivity index (χ2v) is 7.39. The number of aromatic nitrogens is 1. The Morgan fingerprint density at radius 1 is 1.24 bits per heavy atom. The Labute approximate surface area is 191 Å². The molecule has 1 aliphatic rings. The van der Waals surface area contributed by atoms with Gasteiger partial charge in [-0.05, 0) is 31.0 Å². The number of ether oxygens (including phenoxy) is 1. The van der Waals surface area contributed by atoms with Crippen LogP contribution in [0.1, 0.15) is 23.6 Å². The highest BCUT2D eigenvalue weighted by Gasteiger charge is 2.17. The fourth-order valence-corrected chi connectivity index (χ4v) is 3.34. The Balaban J connectivity index is 0.00000300. The summed E-state index contributed by atoms with van der Waals surface area (Å²) < 4.78 is 5.60. The monoisotopic (exact) mass is 509 g/mol. The van der Waals surface area contributed by atoms with E-state index in [1.54, 1.807) is 0 Å². The molecule has 2 heterocycles. The lowest BCUT2D eigenvalue weighted by molar-refractivity contribution is 0.0529. The third-order valence-corrected chi connectivity index (χ3v) is 4.94. The minimum atomic E-state index is 0. The van der Waals surface area contributed by atoms with E-state index in [2.05, 4.69) is 82.4 Å². The lowest BCUT2D eigenvalue weighted by Gasteiger charge is -2.32. The van der Waals surface area contributed by atoms with Crippen molar-refractivity contribution < 1.29 is 4.74 Å². The first-order chi connectivity index (χ1) is 13.5. The molecule has 1 unspecified atom stereocenters. The topological polar surface area (TPSA) is 53.0 Å². The first-order valence-electron chi connectivity index (χ1n) is 9.84. The molecule has 6 nitrogen and oxygen atoms in total. The van der Waals surface area contributed by atoms with Crippen LogP contribution < -0.4 is 10.2 Å². The van der Waals surface area contributed by atoms with Gasteiger partial charge in [0.2, 0.25) is 0 Å². The van der Waals surface area contributed by atoms with E-state index in [1.807, 2.05) is 13.2 Å². The molecule has 1 N–H and O–H groups in total. The molecule has 0 bridgehead atoms. The van der Waals surface area contributed by atoms with Gasteiger partial charge < -0.3 is 19.9 Å². The van der Waals surface area contributed by atoms with Crippen LogP contribution in [0.25, 0.3) is 0 Å². The zero-order valence-electron chi connectivity index (χ0n) is 17.8. The van der Waals surface area contributed by atoms with Crippen molar-refractivity contribution in [2.45, 2.75) is 33.0 Å². The van der Waals surface area contributed by atoms with Crippen molar-refractivity contribution in [3.05, 3.63) is 59.3 Å². The van der Waals surface area contributed by atoms with Crippen LogP contribution in [0, 0.1) is 6.92 Å². The SMILES string of the molecule is CN=C(NCc1ccc(N2CCOC(C)C2)nc1)N(C)Cc1ccc(C)cc1.I. The average Bonchev–Trinajstić information content (AvgIpc) is 2.71. The maximum atomic E-state index is 5.60. The zero-order valence-corrected chi connectivity index (χ0v) is 20.1. The average molecular weight is 509 g/mol. The number of nitrogens with zero attached hydrogens (tertiary/aromatic N) is 4. The van der Waals surface area contributed by atoms with E-state index in [-0.39, 0.29) is 30.1 Å². The second kappa shape index (κ2) is 11.3. The van der Waals surface area contributed by atoms with Crippen LogP contribution in [-0.4, -0.2) is 55.7 Å². The molecule has 1 aromatic heterocycles. The summed E-state index contributed by atoms with van der Waals surface area (Å²) >= 11 is 0. The van der Waals surface area contributed by atoms with Crippen LogP contribution in [0.15, 0.2) is 47.6 Å². The minimum absolute atomic E-state index is 0. The van der Waals surface area contributed by atoms with Crippen molar-refractivity contribution in [3.63, 3.8) is 0 Å². The van der Waals surface area contributed by atoms with Crippen molar-refractivity contribution in [3.8, 4) is 0 Å². The summed E-state index contributed by atoms with van der Waals surface area (Å²) in [6.07, 6.45) is 2.19. The molecule has 1 atom stereocenters. The van der Waals surface area contributed by atoms with Crippen molar-refractivity contribution in [2.75, 3.05) is 38.7 Å². The summed E-state index contributed by atoms with van der Waals surface area (Å²) in [5.74, 6) is 1.88. The van der Waals surface area contributed by atoms with Crippen molar-refractivity contribution in [1.82, 2.24) is 15.2 Å². The zero-order chi connectivity index (χ0) is 19.9. The number of nitrogens with one attached hydrogen (secondary N) is 1. The van der Waals surface area contributed by atoms with Crippen LogP contribution in [0.4, 0.5) is 5.82 Å². The van der Waals surface area contributed by atoms with Crippen molar-refractivity contribution >= 4 is 35.8 Å². The highest BCUT2D eigenvalue weighted by molar-refractivity contribution is 14.0. The molecule has 0 aliphatic carbocycles. The molecule has 1 saturated heterocycles. The first-order valence-corrected chi connectivity index (χ1v) is 9.84. The molecule has 0 spiro atoms. The Morgan fingerprint density at radius 2 is 1.97 bits per heavy atom. The number of hydrogen-bond acceptors (Lipinski definition) is 4. The number of aryl methyl sites for hydroxylation is 1. The number of anilines is 1. The smallest absolute Gasteiger partial charge is 0.193 e. The second-order valence-electron chi connectivity index (χ2n) is 7.39. The van der Waals surface area contributed by atoms with E-state index in [1.165, 1.54) is 11.1 Å². The molecule has 29 heavy (non-hydrogen) atoms. The Hall–Kier alpha value is -1.87. The summed E-state index contributed by atoms with van der Waals surface area (Å²) in [4.78, 5) is 13.4. The van der Waals surface area contributed by atoms with E-state index in [4.69, 9.17) is 4.74 Å². The van der Waals surface area contributed by atoms with Gasteiger partial charge in [-0.25, -0.2) is 4.98 Å². The first kappa shape index (κ1) is 23.4. The molecular formula is C22H32IN5O. The molecule has 1 aromatic carbocycles. The highest BCUT2D eigenvalue weighted by atomic mass is 127. The molecule has 158 valence electrons. The Morgan fingerprint density at radius 3 is 2.59 bits per heavy atom. The highest BCUT2D eigenvalue weighted by Crippen LogP contribution is 2.15. The van der Waals surface area contributed by atoms with E-state index < -0.39 is 0 Å². The number of morpholine rings is 1. The van der Waals surface area contributed by atoms with Crippen LogP contribution in [-0.2, 0) is 17.8 Å². The number of rotatable bonds is 5. The largest absolute Gasteiger partial charge is 0.375 e. The van der Waals surface area contributed by atoms with Gasteiger partial charge in [0.05, 0.1) is 12.7 Å². The van der Waals surface area contributed by atoms with Crippen LogP contribution in [0.3, 0.4) is 0 Å². The van der Waals surface area contributed by atoms with E-state index >= 15 is 0 Å². The summed E-state index contributed by atoms with van der Waals surface area (Å²) in [7, 11) is 3.87. The molecule has 1 aliphatic heterocycles. The third kappa shape index (κ3) is 6.85. The van der Waals surface area contributed by atoms with Crippen molar-refractivity contribution in [1.29, 1.82) is 0 Å². The molecule has 0 amide bonds. The van der Waals surface area contributed by atoms with Gasteiger partial charge in [-0.1, -0.05) is 35.9 Å². The quantitative estimate of drug-likeness (QED) is 0.380. The number of aliphatic imine (C=N–C) groups is 1. The van der Waals surface area contributed by atoms with Gasteiger partial charge in [-0.15, -0.1) is 24.0 Å². The minimum Gasteiger partial charge on any atom is -0.375 e. The summed E-state index contributed by atoms with van der Waals surface area (Å²) in [5.41, 5.74) is 3.67. The third-order valence-electron chi connectivity index (χ3n) is 4.94. The van der Waals surface area contributed by atoms with Crippen molar-refractivity contribution in [2.24, 2.45) is 4.99 Å². The normalized spacial score (nSPS) is 16.9. The fourth-order valence-electron chi connectivity index (χ4n) is 3.34. The molecule has 3 rings (SSSR count). The number of hydrogen-bond donors (Lipinski definition) is 1. The lowest BCUT2D eigenvalue weighted by Crippen LogP contribution is -2.41. The lowest BCUT2D eigenvalue weighted by atomic mass is 10.1. The van der Waals surface area contributed by atoms with Crippen LogP contribution in [0.2, 0.25) is 0 Å². The summed E-state index contributed by atoms with van der Waals surface area (Å²) in [6.45, 7) is 8.25. The van der Waals surface area contributed by atoms with Gasteiger partial charge in [0.25, 0.3) is 0 Å². The van der Waals surface area contributed by atoms with E-state index in [0.29, 0.717) is 6.54 Å². The molecule has 1 fully saturated rings. The summed E-state index contributed by atoms with van der Waals surface area (Å²) in [6, 6.07) is 12.8. The number of guanidine groups is 1. The maximum Gasteiger partial charge on any atom is 0.193 e. The van der Waals surface area contributed by atoms with Gasteiger partial charge in [0.1, 0.15) is 5.82 Å². The van der Waals surface area contributed by atoms with Gasteiger partial charge in [-0.3, -0.25) is 4.99 Å². The molecular weight excluding hydrogens is 477 g/mol. The van der Waals surface area contributed by atoms with Gasteiger partial charge in [-0.2, -0.15) is 0 Å². The fraction of sp³-hybridized carbons (Fsp3) is 0.455. The number of halogens is 1. The Kier molecular flexibility index (Phi) is 9.16. The molecule has 0 saturated carbocycles. The van der Waals surface area contributed by atoms with E-state index in [0.717, 1.165) is 43.6 Å². The maximum absolute atomic E-state index is 5.60. The summed E-state index contributed by atoms with van der Waals surface area (Å²) in [5, 5.41) is 3.43. The van der Waals surface area contributed by atoms with Gasteiger partial charge in [0.15, 0.2) is 5.96 Å². The Bertz CT molecular complexity index is 779. The standard InChI is InChI=1S/C22H31N5O.HI/c1-17-5-7-19(8-6-17)16-26(4)22(23-3)25-14-20-9-10-21(24-13-20)27-11-12-28-18(2)15-27;/h5-10,13,18H,11-12,14-16H2,1-4H3,(H,23,25);1H. The van der Waals surface area contributed by atoms with Crippen LogP contribution in [0.5, 0.6) is 0 Å². The van der Waals surface area contributed by atoms with Crippen LogP contribution >= 0.6 is 24.0 Å². The predicted octanol–water partition coefficient (Wildman–Crippen LogP) is 3.44. The molecule has 0 radical (unpaired) electrons. The van der Waals surface area contributed by atoms with Gasteiger partial charge in [0, 0.05) is 46.5 Å². The number of pyridine rings is 1. The predicted molar refractivity (Wildman–Crippen MR) is 130 cm³/mol. The number of benzene rings is 1. The molecule has 2 aromatic rings.